The minimum Gasteiger partial charge on any atom is -0.454 e. The fourth-order valence-electron chi connectivity index (χ4n) is 10.1. The summed E-state index contributed by atoms with van der Waals surface area (Å²) in [4.78, 5) is 26.6. The average molecular weight is 1110 g/mol. The van der Waals surface area contributed by atoms with E-state index in [0.29, 0.717) is 12.8 Å². The van der Waals surface area contributed by atoms with Crippen LogP contribution in [0.15, 0.2) is 60.8 Å². The first-order valence-corrected chi connectivity index (χ1v) is 33.1. The number of carbonyl (C=O) groups is 2. The van der Waals surface area contributed by atoms with Crippen molar-refractivity contribution in [2.24, 2.45) is 0 Å². The van der Waals surface area contributed by atoms with Gasteiger partial charge in [0.25, 0.3) is 0 Å². The SMILES string of the molecule is CCCCC/C=C\C/C=C\C/C=C\CCCCCCCCCCCCCC(O)C(=O)NC(COC1OC(CO)C(O)C(O)C1OC(=O)CCCCC/C=C\CCCCCCCC)C(O)/C=C/CCCCCCCCCCCCC. The zero-order chi connectivity index (χ0) is 57.5. The van der Waals surface area contributed by atoms with Crippen molar-refractivity contribution in [2.75, 3.05) is 13.2 Å². The summed E-state index contributed by atoms with van der Waals surface area (Å²) in [5.74, 6) is -1.21. The van der Waals surface area contributed by atoms with E-state index in [1.807, 2.05) is 6.08 Å². The van der Waals surface area contributed by atoms with Gasteiger partial charge in [-0.3, -0.25) is 9.59 Å². The van der Waals surface area contributed by atoms with Crippen LogP contribution in [0.25, 0.3) is 0 Å². The molecule has 1 rings (SSSR count). The van der Waals surface area contributed by atoms with E-state index in [-0.39, 0.29) is 19.4 Å². The van der Waals surface area contributed by atoms with Crippen molar-refractivity contribution in [2.45, 2.75) is 346 Å². The van der Waals surface area contributed by atoms with Crippen LogP contribution in [0.5, 0.6) is 0 Å². The normalized spacial score (nSPS) is 19.2. The average Bonchev–Trinajstić information content (AvgIpc) is 3.48. The summed E-state index contributed by atoms with van der Waals surface area (Å²) >= 11 is 0. The number of aliphatic hydroxyl groups is 5. The zero-order valence-electron chi connectivity index (χ0n) is 51.0. The van der Waals surface area contributed by atoms with Gasteiger partial charge in [-0.05, 0) is 89.9 Å². The smallest absolute Gasteiger partial charge is 0.306 e. The minimum absolute atomic E-state index is 0.103. The molecular weight excluding hydrogens is 991 g/mol. The molecule has 1 saturated heterocycles. The highest BCUT2D eigenvalue weighted by molar-refractivity contribution is 5.80. The number of allylic oxidation sites excluding steroid dienone is 9. The van der Waals surface area contributed by atoms with Gasteiger partial charge in [0.2, 0.25) is 5.91 Å². The zero-order valence-corrected chi connectivity index (χ0v) is 51.0. The van der Waals surface area contributed by atoms with E-state index in [0.717, 1.165) is 83.5 Å². The third-order valence-corrected chi connectivity index (χ3v) is 15.4. The van der Waals surface area contributed by atoms with Crippen LogP contribution in [0.2, 0.25) is 0 Å². The lowest BCUT2D eigenvalue weighted by Gasteiger charge is -2.41. The first kappa shape index (κ1) is 74.4. The molecule has 0 saturated carbocycles. The molecule has 460 valence electrons. The summed E-state index contributed by atoms with van der Waals surface area (Å²) in [7, 11) is 0. The molecule has 0 bridgehead atoms. The molecule has 8 unspecified atom stereocenters. The second kappa shape index (κ2) is 55.9. The number of ether oxygens (including phenoxy) is 3. The summed E-state index contributed by atoms with van der Waals surface area (Å²) in [5.41, 5.74) is 0. The van der Waals surface area contributed by atoms with E-state index >= 15 is 0 Å². The lowest BCUT2D eigenvalue weighted by Crippen LogP contribution is -2.61. The Morgan fingerprint density at radius 1 is 0.494 bits per heavy atom. The Morgan fingerprint density at radius 3 is 1.34 bits per heavy atom. The number of carbonyl (C=O) groups excluding carboxylic acids is 2. The maximum Gasteiger partial charge on any atom is 0.306 e. The van der Waals surface area contributed by atoms with Gasteiger partial charge in [0.15, 0.2) is 12.4 Å². The number of aliphatic hydroxyl groups excluding tert-OH is 5. The molecule has 1 aliphatic rings. The lowest BCUT2D eigenvalue weighted by atomic mass is 9.99. The van der Waals surface area contributed by atoms with E-state index in [1.54, 1.807) is 6.08 Å². The van der Waals surface area contributed by atoms with Crippen LogP contribution in [-0.4, -0.2) is 99.6 Å². The molecule has 0 aromatic heterocycles. The van der Waals surface area contributed by atoms with Crippen molar-refractivity contribution in [3.8, 4) is 0 Å². The number of hydrogen-bond acceptors (Lipinski definition) is 10. The largest absolute Gasteiger partial charge is 0.454 e. The fourth-order valence-corrected chi connectivity index (χ4v) is 10.1. The van der Waals surface area contributed by atoms with E-state index in [9.17, 15) is 35.1 Å². The fraction of sp³-hybridized carbons (Fsp3) is 0.824. The Balaban J connectivity index is 2.62. The highest BCUT2D eigenvalue weighted by Crippen LogP contribution is 2.26. The van der Waals surface area contributed by atoms with Crippen LogP contribution in [0.3, 0.4) is 0 Å². The molecule has 1 aliphatic heterocycles. The standard InChI is InChI=1S/C68H123NO10/c1-4-7-10-13-16-19-22-25-26-27-28-29-30-31-32-33-34-35-38-40-43-46-49-52-55-61(72)67(76)69-59(60(71)54-51-48-45-42-39-36-23-20-17-14-11-8-5-2)58-77-68-66(65(75)64(74)62(57-70)78-68)79-63(73)56-53-50-47-44-41-37-24-21-18-15-12-9-6-3/h16,19,25-26,28-29,37,41,51,54,59-62,64-66,68,70-72,74-75H,4-15,17-18,20-24,27,30-36,38-40,42-50,52-53,55-58H2,1-3H3,(H,69,76)/b19-16-,26-25-,29-28-,41-37-,54-51+. The maximum absolute atomic E-state index is 13.5. The Hall–Kier alpha value is -2.64. The van der Waals surface area contributed by atoms with Crippen LogP contribution >= 0.6 is 0 Å². The molecule has 8 atom stereocenters. The summed E-state index contributed by atoms with van der Waals surface area (Å²) in [5, 5.41) is 57.1. The number of unbranched alkanes of at least 4 members (excludes halogenated alkanes) is 34. The summed E-state index contributed by atoms with van der Waals surface area (Å²) in [6.07, 6.45) is 59.7. The van der Waals surface area contributed by atoms with Gasteiger partial charge < -0.3 is 45.1 Å². The molecule has 0 aliphatic carbocycles. The minimum atomic E-state index is -1.62. The van der Waals surface area contributed by atoms with Crippen molar-refractivity contribution in [1.82, 2.24) is 5.32 Å². The van der Waals surface area contributed by atoms with Gasteiger partial charge in [0, 0.05) is 6.42 Å². The molecule has 0 aromatic carbocycles. The van der Waals surface area contributed by atoms with E-state index in [1.165, 1.54) is 167 Å². The van der Waals surface area contributed by atoms with Gasteiger partial charge in [-0.15, -0.1) is 0 Å². The first-order chi connectivity index (χ1) is 38.7. The second-order valence-electron chi connectivity index (χ2n) is 22.8. The monoisotopic (exact) mass is 1110 g/mol. The van der Waals surface area contributed by atoms with Crippen molar-refractivity contribution in [3.63, 3.8) is 0 Å². The third kappa shape index (κ3) is 43.7. The summed E-state index contributed by atoms with van der Waals surface area (Å²) < 4.78 is 17.6. The number of amides is 1. The predicted octanol–water partition coefficient (Wildman–Crippen LogP) is 16.2. The van der Waals surface area contributed by atoms with Gasteiger partial charge in [-0.1, -0.05) is 261 Å². The van der Waals surface area contributed by atoms with Gasteiger partial charge in [-0.25, -0.2) is 0 Å². The van der Waals surface area contributed by atoms with Crippen LogP contribution in [0.1, 0.15) is 297 Å². The van der Waals surface area contributed by atoms with Gasteiger partial charge in [0.1, 0.15) is 24.4 Å². The van der Waals surface area contributed by atoms with Crippen molar-refractivity contribution in [3.05, 3.63) is 60.8 Å². The van der Waals surface area contributed by atoms with Crippen LogP contribution in [0.4, 0.5) is 0 Å². The first-order valence-electron chi connectivity index (χ1n) is 33.1. The summed E-state index contributed by atoms with van der Waals surface area (Å²) in [6.45, 7) is 5.76. The van der Waals surface area contributed by atoms with Crippen LogP contribution in [0, 0.1) is 0 Å². The van der Waals surface area contributed by atoms with E-state index in [2.05, 4.69) is 74.7 Å². The van der Waals surface area contributed by atoms with Crippen LogP contribution in [-0.2, 0) is 23.8 Å². The van der Waals surface area contributed by atoms with Gasteiger partial charge >= 0.3 is 5.97 Å². The van der Waals surface area contributed by atoms with Crippen LogP contribution < -0.4 is 5.32 Å². The molecule has 11 heteroatoms. The Kier molecular flexibility index (Phi) is 52.6. The number of esters is 1. The molecule has 11 nitrogen and oxygen atoms in total. The Labute approximate surface area is 484 Å². The quantitative estimate of drug-likeness (QED) is 0.0195. The molecular formula is C68H123NO10. The predicted molar refractivity (Wildman–Crippen MR) is 329 cm³/mol. The lowest BCUT2D eigenvalue weighted by molar-refractivity contribution is -0.305. The van der Waals surface area contributed by atoms with Gasteiger partial charge in [-0.2, -0.15) is 0 Å². The maximum atomic E-state index is 13.5. The number of rotatable bonds is 56. The molecule has 1 amide bonds. The highest BCUT2D eigenvalue weighted by atomic mass is 16.7. The number of nitrogens with one attached hydrogen (secondary N) is 1. The molecule has 0 aromatic rings. The van der Waals surface area contributed by atoms with Gasteiger partial charge in [0.05, 0.1) is 25.4 Å². The van der Waals surface area contributed by atoms with Crippen molar-refractivity contribution >= 4 is 11.9 Å². The second-order valence-corrected chi connectivity index (χ2v) is 22.8. The molecule has 1 fully saturated rings. The molecule has 1 heterocycles. The van der Waals surface area contributed by atoms with E-state index in [4.69, 9.17) is 14.2 Å². The third-order valence-electron chi connectivity index (χ3n) is 15.4. The molecule has 0 spiro atoms. The highest BCUT2D eigenvalue weighted by Gasteiger charge is 2.47. The Morgan fingerprint density at radius 2 is 0.873 bits per heavy atom. The topological polar surface area (TPSA) is 175 Å². The molecule has 79 heavy (non-hydrogen) atoms. The Bertz CT molecular complexity index is 1510. The molecule has 0 radical (unpaired) electrons. The molecule has 6 N–H and O–H groups in total. The summed E-state index contributed by atoms with van der Waals surface area (Å²) in [6, 6.07) is -1.03. The van der Waals surface area contributed by atoms with Crippen molar-refractivity contribution < 1.29 is 49.3 Å². The number of hydrogen-bond donors (Lipinski definition) is 6. The van der Waals surface area contributed by atoms with Crippen molar-refractivity contribution in [1.29, 1.82) is 0 Å². The van der Waals surface area contributed by atoms with E-state index < -0.39 is 67.4 Å².